The highest BCUT2D eigenvalue weighted by Gasteiger charge is 2.15. The minimum absolute atomic E-state index is 0.0221. The van der Waals surface area contributed by atoms with Crippen LogP contribution in [0.2, 0.25) is 0 Å². The van der Waals surface area contributed by atoms with Gasteiger partial charge in [0.2, 0.25) is 5.91 Å². The molecule has 0 heterocycles. The molecule has 0 saturated carbocycles. The molecule has 4 nitrogen and oxygen atoms in total. The van der Waals surface area contributed by atoms with Gasteiger partial charge in [0.15, 0.2) is 0 Å². The summed E-state index contributed by atoms with van der Waals surface area (Å²) in [4.78, 5) is 12.3. The van der Waals surface area contributed by atoms with Crippen LogP contribution >= 0.6 is 0 Å². The lowest BCUT2D eigenvalue weighted by Gasteiger charge is -2.18. The summed E-state index contributed by atoms with van der Waals surface area (Å²) < 4.78 is 10.6. The van der Waals surface area contributed by atoms with E-state index in [0.29, 0.717) is 6.42 Å². The Kier molecular flexibility index (Phi) is 6.24. The van der Waals surface area contributed by atoms with Crippen molar-refractivity contribution < 1.29 is 14.3 Å². The average molecular weight is 327 g/mol. The van der Waals surface area contributed by atoms with E-state index in [0.717, 1.165) is 23.5 Å². The summed E-state index contributed by atoms with van der Waals surface area (Å²) in [6.45, 7) is 4.00. The molecule has 0 bridgehead atoms. The van der Waals surface area contributed by atoms with E-state index in [1.54, 1.807) is 14.2 Å². The fraction of sp³-hybridized carbons (Fsp3) is 0.350. The minimum Gasteiger partial charge on any atom is -0.497 e. The standard InChI is InChI=1S/C20H25NO3/c1-14-6-5-7-16(12-14)8-11-20(22)21-15(2)18-13-17(23-3)9-10-19(18)24-4/h5-7,9-10,12-13,15H,8,11H2,1-4H3,(H,21,22). The molecule has 0 aliphatic rings. The maximum absolute atomic E-state index is 12.3. The van der Waals surface area contributed by atoms with E-state index < -0.39 is 0 Å². The second kappa shape index (κ2) is 8.39. The first kappa shape index (κ1) is 17.9. The van der Waals surface area contributed by atoms with Gasteiger partial charge < -0.3 is 14.8 Å². The Morgan fingerprint density at radius 3 is 2.58 bits per heavy atom. The Balaban J connectivity index is 1.98. The second-order valence-electron chi connectivity index (χ2n) is 5.89. The van der Waals surface area contributed by atoms with Gasteiger partial charge in [-0.15, -0.1) is 0 Å². The molecule has 1 N–H and O–H groups in total. The van der Waals surface area contributed by atoms with E-state index in [-0.39, 0.29) is 11.9 Å². The average Bonchev–Trinajstić information content (AvgIpc) is 2.59. The first-order chi connectivity index (χ1) is 11.5. The highest BCUT2D eigenvalue weighted by atomic mass is 16.5. The molecule has 128 valence electrons. The minimum atomic E-state index is -0.153. The van der Waals surface area contributed by atoms with E-state index >= 15 is 0 Å². The largest absolute Gasteiger partial charge is 0.497 e. The third-order valence-electron chi connectivity index (χ3n) is 4.00. The molecule has 1 atom stereocenters. The molecule has 2 aromatic carbocycles. The number of aryl methyl sites for hydroxylation is 2. The molecular formula is C20H25NO3. The van der Waals surface area contributed by atoms with E-state index in [9.17, 15) is 4.79 Å². The summed E-state index contributed by atoms with van der Waals surface area (Å²) in [6, 6.07) is 13.7. The van der Waals surface area contributed by atoms with Gasteiger partial charge in [0, 0.05) is 12.0 Å². The van der Waals surface area contributed by atoms with Crippen LogP contribution in [0.4, 0.5) is 0 Å². The number of methoxy groups -OCH3 is 2. The molecule has 2 rings (SSSR count). The van der Waals surface area contributed by atoms with E-state index in [1.807, 2.05) is 31.2 Å². The Labute approximate surface area is 143 Å². The lowest BCUT2D eigenvalue weighted by molar-refractivity contribution is -0.121. The van der Waals surface area contributed by atoms with Gasteiger partial charge in [-0.05, 0) is 44.0 Å². The summed E-state index contributed by atoms with van der Waals surface area (Å²) in [5, 5.41) is 3.03. The quantitative estimate of drug-likeness (QED) is 0.841. The van der Waals surface area contributed by atoms with Gasteiger partial charge in [-0.25, -0.2) is 0 Å². The number of carbonyl (C=O) groups is 1. The van der Waals surface area contributed by atoms with Crippen LogP contribution in [0.25, 0.3) is 0 Å². The van der Waals surface area contributed by atoms with E-state index in [4.69, 9.17) is 9.47 Å². The van der Waals surface area contributed by atoms with E-state index in [2.05, 4.69) is 30.4 Å². The van der Waals surface area contributed by atoms with Crippen molar-refractivity contribution in [2.45, 2.75) is 32.7 Å². The number of benzene rings is 2. The van der Waals surface area contributed by atoms with Crippen LogP contribution in [0.1, 0.15) is 36.1 Å². The first-order valence-electron chi connectivity index (χ1n) is 8.10. The second-order valence-corrected chi connectivity index (χ2v) is 5.89. The third kappa shape index (κ3) is 4.75. The zero-order chi connectivity index (χ0) is 17.5. The maximum atomic E-state index is 12.3. The van der Waals surface area contributed by atoms with Crippen molar-refractivity contribution in [2.24, 2.45) is 0 Å². The molecule has 0 spiro atoms. The van der Waals surface area contributed by atoms with Crippen LogP contribution in [-0.2, 0) is 11.2 Å². The molecule has 0 saturated heterocycles. The zero-order valence-corrected chi connectivity index (χ0v) is 14.8. The van der Waals surface area contributed by atoms with Gasteiger partial charge in [0.25, 0.3) is 0 Å². The lowest BCUT2D eigenvalue weighted by Crippen LogP contribution is -2.27. The topological polar surface area (TPSA) is 47.6 Å². The lowest BCUT2D eigenvalue weighted by atomic mass is 10.0. The van der Waals surface area contributed by atoms with Gasteiger partial charge in [0.05, 0.1) is 20.3 Å². The molecule has 2 aromatic rings. The molecule has 0 aromatic heterocycles. The fourth-order valence-corrected chi connectivity index (χ4v) is 2.69. The highest BCUT2D eigenvalue weighted by molar-refractivity contribution is 5.76. The normalized spacial score (nSPS) is 11.7. The summed E-state index contributed by atoms with van der Waals surface area (Å²) in [7, 11) is 3.24. The SMILES string of the molecule is COc1ccc(OC)c(C(C)NC(=O)CCc2cccc(C)c2)c1. The van der Waals surface area contributed by atoms with Crippen molar-refractivity contribution in [3.8, 4) is 11.5 Å². The zero-order valence-electron chi connectivity index (χ0n) is 14.8. The maximum Gasteiger partial charge on any atom is 0.220 e. The number of amides is 1. The van der Waals surface area contributed by atoms with Crippen molar-refractivity contribution in [1.29, 1.82) is 0 Å². The molecule has 0 aliphatic carbocycles. The molecule has 24 heavy (non-hydrogen) atoms. The fourth-order valence-electron chi connectivity index (χ4n) is 2.69. The number of rotatable bonds is 7. The van der Waals surface area contributed by atoms with Crippen LogP contribution in [0, 0.1) is 6.92 Å². The van der Waals surface area contributed by atoms with Crippen molar-refractivity contribution in [1.82, 2.24) is 5.32 Å². The number of nitrogens with one attached hydrogen (secondary N) is 1. The van der Waals surface area contributed by atoms with Crippen LogP contribution in [0.15, 0.2) is 42.5 Å². The van der Waals surface area contributed by atoms with Crippen molar-refractivity contribution in [3.05, 3.63) is 59.2 Å². The monoisotopic (exact) mass is 327 g/mol. The predicted molar refractivity (Wildman–Crippen MR) is 95.6 cm³/mol. The molecule has 1 unspecified atom stereocenters. The number of hydrogen-bond acceptors (Lipinski definition) is 3. The van der Waals surface area contributed by atoms with Gasteiger partial charge in [0.1, 0.15) is 11.5 Å². The summed E-state index contributed by atoms with van der Waals surface area (Å²) in [5.41, 5.74) is 3.29. The Morgan fingerprint density at radius 2 is 1.92 bits per heavy atom. The van der Waals surface area contributed by atoms with Gasteiger partial charge in [-0.3, -0.25) is 4.79 Å². The third-order valence-corrected chi connectivity index (χ3v) is 4.00. The Hall–Kier alpha value is -2.49. The van der Waals surface area contributed by atoms with Crippen LogP contribution in [-0.4, -0.2) is 20.1 Å². The summed E-state index contributed by atoms with van der Waals surface area (Å²) >= 11 is 0. The van der Waals surface area contributed by atoms with Crippen LogP contribution in [0.5, 0.6) is 11.5 Å². The molecule has 4 heteroatoms. The van der Waals surface area contributed by atoms with Crippen molar-refractivity contribution >= 4 is 5.91 Å². The van der Waals surface area contributed by atoms with Gasteiger partial charge in [-0.1, -0.05) is 29.8 Å². The first-order valence-corrected chi connectivity index (χ1v) is 8.10. The van der Waals surface area contributed by atoms with Crippen LogP contribution in [0.3, 0.4) is 0 Å². The summed E-state index contributed by atoms with van der Waals surface area (Å²) in [6.07, 6.45) is 1.19. The molecule has 1 amide bonds. The van der Waals surface area contributed by atoms with Crippen molar-refractivity contribution in [2.75, 3.05) is 14.2 Å². The molecule has 0 aliphatic heterocycles. The van der Waals surface area contributed by atoms with E-state index in [1.165, 1.54) is 11.1 Å². The highest BCUT2D eigenvalue weighted by Crippen LogP contribution is 2.29. The van der Waals surface area contributed by atoms with Gasteiger partial charge >= 0.3 is 0 Å². The van der Waals surface area contributed by atoms with Crippen molar-refractivity contribution in [3.63, 3.8) is 0 Å². The molecule has 0 fully saturated rings. The Bertz CT molecular complexity index is 697. The predicted octanol–water partition coefficient (Wildman–Crippen LogP) is 3.82. The number of ether oxygens (including phenoxy) is 2. The van der Waals surface area contributed by atoms with Crippen LogP contribution < -0.4 is 14.8 Å². The number of hydrogen-bond donors (Lipinski definition) is 1. The smallest absolute Gasteiger partial charge is 0.220 e. The molecular weight excluding hydrogens is 302 g/mol. The van der Waals surface area contributed by atoms with Gasteiger partial charge in [-0.2, -0.15) is 0 Å². The Morgan fingerprint density at radius 1 is 1.12 bits per heavy atom. The molecule has 0 radical (unpaired) electrons. The number of carbonyl (C=O) groups excluding carboxylic acids is 1. The summed E-state index contributed by atoms with van der Waals surface area (Å²) in [5.74, 6) is 1.50.